The Morgan fingerprint density at radius 3 is 1.95 bits per heavy atom. The first kappa shape index (κ1) is 39.7. The molecule has 248 valence electrons. The number of ether oxygens (including phenoxy) is 1. The van der Waals surface area contributed by atoms with Gasteiger partial charge in [0.25, 0.3) is 0 Å². The number of hydrogen-bond donors (Lipinski definition) is 6. The Bertz CT molecular complexity index is 967. The number of aliphatic hydroxyl groups excluding tert-OH is 1. The molecule has 0 aromatic rings. The van der Waals surface area contributed by atoms with Gasteiger partial charge >= 0.3 is 5.97 Å². The number of carboxylic acids is 1. The summed E-state index contributed by atoms with van der Waals surface area (Å²) in [7, 11) is 5.40. The van der Waals surface area contributed by atoms with Crippen molar-refractivity contribution in [2.45, 2.75) is 97.2 Å². The lowest BCUT2D eigenvalue weighted by molar-refractivity contribution is -0.873. The highest BCUT2D eigenvalue weighted by molar-refractivity contribution is 5.94. The molecule has 0 aliphatic heterocycles. The molecule has 0 spiro atoms. The molecule has 0 aromatic heterocycles. The molecule has 1 unspecified atom stereocenters. The van der Waals surface area contributed by atoms with Crippen molar-refractivity contribution in [1.29, 1.82) is 0 Å². The van der Waals surface area contributed by atoms with Gasteiger partial charge in [-0.2, -0.15) is 0 Å². The molecule has 0 radical (unpaired) electrons. The number of amides is 4. The van der Waals surface area contributed by atoms with Crippen LogP contribution >= 0.6 is 0 Å². The first-order chi connectivity index (χ1) is 19.7. The number of aliphatic hydroxyl groups is 1. The molecule has 0 fully saturated rings. The molecular weight excluding hydrogens is 564 g/mol. The van der Waals surface area contributed by atoms with Crippen LogP contribution in [0.15, 0.2) is 0 Å². The molecule has 0 heterocycles. The van der Waals surface area contributed by atoms with Crippen LogP contribution in [0.1, 0.15) is 60.8 Å². The standard InChI is InChI=1S/C28H52N6O9/c1-10-16(4)24(33-25(39)20(11-15(2)3)32-26(40)23(29)18(6)35)27(41)30-13-21(36)31-17(5)28(42)43-19(12-22(37)38)14-34(7,8)9/h15-20,23-24,35H,10-14,29H2,1-9H3,(H4-,30,31,32,33,36,37,38,39,40,41)/t16-,17-,18+,19?,20-,23-,24-/m0/s1. The number of esters is 1. The summed E-state index contributed by atoms with van der Waals surface area (Å²) in [5.74, 6) is -5.29. The second-order valence-corrected chi connectivity index (χ2v) is 12.4. The average Bonchev–Trinajstić information content (AvgIpc) is 2.86. The Morgan fingerprint density at radius 2 is 1.49 bits per heavy atom. The van der Waals surface area contributed by atoms with Crippen LogP contribution in [0.5, 0.6) is 0 Å². The van der Waals surface area contributed by atoms with Crippen LogP contribution in [0.25, 0.3) is 0 Å². The lowest BCUT2D eigenvalue weighted by atomic mass is 9.96. The van der Waals surface area contributed by atoms with E-state index in [4.69, 9.17) is 10.5 Å². The molecule has 43 heavy (non-hydrogen) atoms. The first-order valence-electron chi connectivity index (χ1n) is 14.5. The number of quaternary nitrogens is 1. The molecule has 0 rings (SSSR count). The van der Waals surface area contributed by atoms with Gasteiger partial charge in [0.15, 0.2) is 6.10 Å². The molecule has 15 nitrogen and oxygen atoms in total. The van der Waals surface area contributed by atoms with Crippen LogP contribution in [0.4, 0.5) is 0 Å². The van der Waals surface area contributed by atoms with Crippen molar-refractivity contribution in [3.63, 3.8) is 0 Å². The number of carboxylic acid groups (broad SMARTS) is 1. The summed E-state index contributed by atoms with van der Waals surface area (Å²) in [6.07, 6.45) is -1.86. The number of nitrogens with two attached hydrogens (primary N) is 1. The highest BCUT2D eigenvalue weighted by Crippen LogP contribution is 2.11. The van der Waals surface area contributed by atoms with E-state index in [0.29, 0.717) is 10.9 Å². The number of nitrogens with one attached hydrogen (secondary N) is 4. The van der Waals surface area contributed by atoms with Crippen LogP contribution < -0.4 is 32.1 Å². The average molecular weight is 617 g/mol. The summed E-state index contributed by atoms with van der Waals surface area (Å²) >= 11 is 0. The maximum Gasteiger partial charge on any atom is 0.328 e. The lowest BCUT2D eigenvalue weighted by Gasteiger charge is -2.30. The number of aliphatic carboxylic acids is 1. The predicted molar refractivity (Wildman–Crippen MR) is 155 cm³/mol. The molecular formula is C28H52N6O9. The van der Waals surface area contributed by atoms with E-state index in [2.05, 4.69) is 21.3 Å². The summed E-state index contributed by atoms with van der Waals surface area (Å²) in [5.41, 5.74) is 5.69. The lowest BCUT2D eigenvalue weighted by Crippen LogP contribution is -2.59. The number of nitrogens with zero attached hydrogens (tertiary/aromatic N) is 1. The van der Waals surface area contributed by atoms with E-state index in [0.717, 1.165) is 0 Å². The van der Waals surface area contributed by atoms with Gasteiger partial charge in [0.05, 0.1) is 33.8 Å². The minimum absolute atomic E-state index is 0.00400. The Balaban J connectivity index is 5.34. The van der Waals surface area contributed by atoms with Crippen molar-refractivity contribution >= 4 is 35.6 Å². The van der Waals surface area contributed by atoms with Crippen LogP contribution in [0.3, 0.4) is 0 Å². The smallest absolute Gasteiger partial charge is 0.328 e. The summed E-state index contributed by atoms with van der Waals surface area (Å²) in [4.78, 5) is 74.7. The molecule has 15 heteroatoms. The predicted octanol–water partition coefficient (Wildman–Crippen LogP) is -2.86. The summed E-state index contributed by atoms with van der Waals surface area (Å²) < 4.78 is 5.61. The third-order valence-electron chi connectivity index (χ3n) is 6.54. The fraction of sp³-hybridized carbons (Fsp3) is 0.786. The highest BCUT2D eigenvalue weighted by Gasteiger charge is 2.32. The molecule has 0 saturated heterocycles. The summed E-state index contributed by atoms with van der Waals surface area (Å²) in [5, 5.41) is 30.7. The zero-order valence-corrected chi connectivity index (χ0v) is 26.9. The fourth-order valence-corrected chi connectivity index (χ4v) is 3.98. The van der Waals surface area contributed by atoms with E-state index in [1.165, 1.54) is 13.8 Å². The van der Waals surface area contributed by atoms with Gasteiger partial charge in [-0.1, -0.05) is 34.1 Å². The van der Waals surface area contributed by atoms with Crippen molar-refractivity contribution in [1.82, 2.24) is 21.3 Å². The van der Waals surface area contributed by atoms with Gasteiger partial charge in [0.2, 0.25) is 23.6 Å². The maximum absolute atomic E-state index is 13.2. The number of hydrogen-bond acceptors (Lipinski definition) is 10. The van der Waals surface area contributed by atoms with Crippen molar-refractivity contribution in [3.05, 3.63) is 0 Å². The Kier molecular flexibility index (Phi) is 17.0. The molecule has 0 aliphatic carbocycles. The van der Waals surface area contributed by atoms with Gasteiger partial charge in [-0.05, 0) is 32.1 Å². The molecule has 4 amide bonds. The van der Waals surface area contributed by atoms with Crippen LogP contribution in [0.2, 0.25) is 0 Å². The van der Waals surface area contributed by atoms with E-state index < -0.39 is 84.9 Å². The minimum Gasteiger partial charge on any atom is -0.550 e. The van der Waals surface area contributed by atoms with Gasteiger partial charge in [0, 0.05) is 12.4 Å². The largest absolute Gasteiger partial charge is 0.550 e. The number of rotatable bonds is 19. The first-order valence-corrected chi connectivity index (χ1v) is 14.5. The quantitative estimate of drug-likeness (QED) is 0.0642. The van der Waals surface area contributed by atoms with E-state index in [1.807, 2.05) is 20.8 Å². The topological polar surface area (TPSA) is 229 Å². The third-order valence-corrected chi connectivity index (χ3v) is 6.54. The molecule has 7 N–H and O–H groups in total. The normalized spacial score (nSPS) is 16.5. The Hall–Kier alpha value is -3.30. The van der Waals surface area contributed by atoms with E-state index in [-0.39, 0.29) is 24.8 Å². The van der Waals surface area contributed by atoms with Gasteiger partial charge in [-0.3, -0.25) is 19.2 Å². The molecule has 0 bridgehead atoms. The number of carbonyl (C=O) groups is 6. The Morgan fingerprint density at radius 1 is 0.907 bits per heavy atom. The summed E-state index contributed by atoms with van der Waals surface area (Å²) in [6.45, 7) is 9.65. The van der Waals surface area contributed by atoms with Crippen LogP contribution in [0, 0.1) is 11.8 Å². The molecule has 0 aliphatic rings. The molecule has 0 aromatic carbocycles. The van der Waals surface area contributed by atoms with Gasteiger partial charge in [0.1, 0.15) is 30.7 Å². The minimum atomic E-state index is -1.38. The van der Waals surface area contributed by atoms with Crippen LogP contribution in [-0.2, 0) is 33.5 Å². The second-order valence-electron chi connectivity index (χ2n) is 12.4. The number of likely N-dealkylation sites (N-methyl/N-ethyl adjacent to an activating group) is 1. The number of carbonyl (C=O) groups excluding carboxylic acids is 6. The maximum atomic E-state index is 13.2. The van der Waals surface area contributed by atoms with Crippen molar-refractivity contribution in [3.8, 4) is 0 Å². The molecule has 0 saturated carbocycles. The van der Waals surface area contributed by atoms with Gasteiger partial charge in [-0.15, -0.1) is 0 Å². The van der Waals surface area contributed by atoms with E-state index >= 15 is 0 Å². The zero-order valence-electron chi connectivity index (χ0n) is 26.9. The van der Waals surface area contributed by atoms with Crippen LogP contribution in [-0.4, -0.2) is 116 Å². The Labute approximate surface area is 254 Å². The zero-order chi connectivity index (χ0) is 33.7. The molecule has 7 atom stereocenters. The van der Waals surface area contributed by atoms with Crippen molar-refractivity contribution in [2.24, 2.45) is 17.6 Å². The third kappa shape index (κ3) is 16.2. The monoisotopic (exact) mass is 616 g/mol. The SMILES string of the molecule is CC[C@H](C)[C@H](NC(=O)[C@H](CC(C)C)NC(=O)[C@@H](N)[C@@H](C)O)C(=O)NCC(=O)N[C@@H](C)C(=O)OC(CC(=O)[O-])C[N+](C)(C)C. The van der Waals surface area contributed by atoms with Crippen molar-refractivity contribution < 1.29 is 48.2 Å². The fourth-order valence-electron chi connectivity index (χ4n) is 3.98. The second kappa shape index (κ2) is 18.4. The summed E-state index contributed by atoms with van der Waals surface area (Å²) in [6, 6.07) is -4.46. The van der Waals surface area contributed by atoms with E-state index in [1.54, 1.807) is 28.1 Å². The van der Waals surface area contributed by atoms with Gasteiger partial charge in [-0.25, -0.2) is 4.79 Å². The van der Waals surface area contributed by atoms with Gasteiger partial charge < -0.3 is 51.2 Å². The van der Waals surface area contributed by atoms with Crippen molar-refractivity contribution in [2.75, 3.05) is 34.2 Å². The van der Waals surface area contributed by atoms with E-state index in [9.17, 15) is 39.0 Å². The highest BCUT2D eigenvalue weighted by atomic mass is 16.5.